The van der Waals surface area contributed by atoms with E-state index in [9.17, 15) is 4.79 Å². The zero-order valence-corrected chi connectivity index (χ0v) is 10.9. The molecule has 0 unspecified atom stereocenters. The van der Waals surface area contributed by atoms with Crippen LogP contribution in [-0.2, 0) is 13.1 Å². The van der Waals surface area contributed by atoms with Crippen LogP contribution < -0.4 is 0 Å². The molecule has 0 aliphatic rings. The van der Waals surface area contributed by atoms with Gasteiger partial charge < -0.3 is 9.52 Å². The van der Waals surface area contributed by atoms with Gasteiger partial charge in [-0.3, -0.25) is 9.58 Å². The van der Waals surface area contributed by atoms with Gasteiger partial charge in [-0.1, -0.05) is 5.21 Å². The fraction of sp³-hybridized carbons (Fsp3) is 0.417. The van der Waals surface area contributed by atoms with Gasteiger partial charge in [0.25, 0.3) is 0 Å². The third kappa shape index (κ3) is 3.65. The first-order valence-corrected chi connectivity index (χ1v) is 5.92. The molecule has 0 bridgehead atoms. The number of furan rings is 1. The van der Waals surface area contributed by atoms with E-state index in [4.69, 9.17) is 9.52 Å². The molecule has 1 N–H and O–H groups in total. The summed E-state index contributed by atoms with van der Waals surface area (Å²) < 4.78 is 7.01. The lowest BCUT2D eigenvalue weighted by molar-refractivity contribution is 0.0690. The number of carbonyl (C=O) groups is 1. The number of hydrogen-bond acceptors (Lipinski definition) is 5. The fourth-order valence-corrected chi connectivity index (χ4v) is 1.69. The van der Waals surface area contributed by atoms with Crippen LogP contribution in [0.2, 0.25) is 0 Å². The van der Waals surface area contributed by atoms with Crippen molar-refractivity contribution in [2.24, 2.45) is 0 Å². The predicted molar refractivity (Wildman–Crippen MR) is 66.8 cm³/mol. The number of carboxylic acids is 1. The minimum Gasteiger partial charge on any atom is -0.476 e. The molecule has 0 atom stereocenters. The molecule has 2 aromatic rings. The second kappa shape index (κ2) is 5.66. The molecule has 19 heavy (non-hydrogen) atoms. The standard InChI is InChI=1S/C12H16N4O3/c1-9-3-4-10(19-9)7-15(2)5-6-16-8-11(12(17)18)13-14-16/h3-4,8H,5-7H2,1-2H3,(H,17,18). The van der Waals surface area contributed by atoms with E-state index < -0.39 is 5.97 Å². The van der Waals surface area contributed by atoms with E-state index in [0.717, 1.165) is 18.1 Å². The van der Waals surface area contributed by atoms with Gasteiger partial charge >= 0.3 is 5.97 Å². The summed E-state index contributed by atoms with van der Waals surface area (Å²) in [5.41, 5.74) is -0.0377. The minimum atomic E-state index is -1.06. The molecular weight excluding hydrogens is 248 g/mol. The Bertz CT molecular complexity index is 561. The first kappa shape index (κ1) is 13.3. The average Bonchev–Trinajstić information content (AvgIpc) is 2.96. The van der Waals surface area contributed by atoms with Crippen LogP contribution in [-0.4, -0.2) is 44.6 Å². The lowest BCUT2D eigenvalue weighted by Crippen LogP contribution is -2.22. The van der Waals surface area contributed by atoms with Crippen molar-refractivity contribution >= 4 is 5.97 Å². The Balaban J connectivity index is 1.82. The number of hydrogen-bond donors (Lipinski definition) is 1. The van der Waals surface area contributed by atoms with Crippen LogP contribution in [0.3, 0.4) is 0 Å². The number of nitrogens with zero attached hydrogens (tertiary/aromatic N) is 4. The summed E-state index contributed by atoms with van der Waals surface area (Å²) in [6.45, 7) is 3.92. The van der Waals surface area contributed by atoms with Crippen molar-refractivity contribution in [3.63, 3.8) is 0 Å². The molecule has 0 aliphatic heterocycles. The van der Waals surface area contributed by atoms with Crippen molar-refractivity contribution in [3.05, 3.63) is 35.5 Å². The molecule has 0 fully saturated rings. The molecular formula is C12H16N4O3. The van der Waals surface area contributed by atoms with Crippen molar-refractivity contribution in [1.29, 1.82) is 0 Å². The lowest BCUT2D eigenvalue weighted by Gasteiger charge is -2.14. The van der Waals surface area contributed by atoms with Gasteiger partial charge in [0.2, 0.25) is 0 Å². The summed E-state index contributed by atoms with van der Waals surface area (Å²) >= 11 is 0. The predicted octanol–water partition coefficient (Wildman–Crippen LogP) is 1.01. The maximum absolute atomic E-state index is 10.7. The van der Waals surface area contributed by atoms with E-state index in [-0.39, 0.29) is 5.69 Å². The largest absolute Gasteiger partial charge is 0.476 e. The summed E-state index contributed by atoms with van der Waals surface area (Å²) in [6, 6.07) is 3.88. The third-order valence-electron chi connectivity index (χ3n) is 2.69. The van der Waals surface area contributed by atoms with Crippen LogP contribution in [0.4, 0.5) is 0 Å². The molecule has 0 aliphatic carbocycles. The molecule has 0 amide bonds. The van der Waals surface area contributed by atoms with Crippen molar-refractivity contribution in [1.82, 2.24) is 19.9 Å². The van der Waals surface area contributed by atoms with Crippen LogP contribution in [0, 0.1) is 6.92 Å². The van der Waals surface area contributed by atoms with Crippen LogP contribution >= 0.6 is 0 Å². The SMILES string of the molecule is Cc1ccc(CN(C)CCn2cc(C(=O)O)nn2)o1. The molecule has 7 heteroatoms. The molecule has 2 heterocycles. The van der Waals surface area contributed by atoms with Gasteiger partial charge in [-0.2, -0.15) is 0 Å². The number of likely N-dealkylation sites (N-methyl/N-ethyl adjacent to an activating group) is 1. The van der Waals surface area contributed by atoms with E-state index in [0.29, 0.717) is 13.1 Å². The van der Waals surface area contributed by atoms with E-state index in [1.54, 1.807) is 0 Å². The van der Waals surface area contributed by atoms with Gasteiger partial charge in [0, 0.05) is 6.54 Å². The zero-order valence-electron chi connectivity index (χ0n) is 10.9. The Morgan fingerprint density at radius 3 is 2.89 bits per heavy atom. The highest BCUT2D eigenvalue weighted by molar-refractivity contribution is 5.84. The Labute approximate surface area is 110 Å². The molecule has 0 saturated heterocycles. The maximum atomic E-state index is 10.7. The van der Waals surface area contributed by atoms with Crippen molar-refractivity contribution in [2.45, 2.75) is 20.0 Å². The maximum Gasteiger partial charge on any atom is 0.358 e. The highest BCUT2D eigenvalue weighted by atomic mass is 16.4. The zero-order chi connectivity index (χ0) is 13.8. The minimum absolute atomic E-state index is 0.0377. The summed E-state index contributed by atoms with van der Waals surface area (Å²) in [6.07, 6.45) is 1.42. The number of rotatable bonds is 6. The fourth-order valence-electron chi connectivity index (χ4n) is 1.69. The highest BCUT2D eigenvalue weighted by Gasteiger charge is 2.09. The quantitative estimate of drug-likeness (QED) is 0.838. The van der Waals surface area contributed by atoms with Gasteiger partial charge in [0.1, 0.15) is 11.5 Å². The van der Waals surface area contributed by atoms with Crippen molar-refractivity contribution in [3.8, 4) is 0 Å². The van der Waals surface area contributed by atoms with Crippen molar-refractivity contribution < 1.29 is 14.3 Å². The number of carboxylic acid groups (broad SMARTS) is 1. The molecule has 0 radical (unpaired) electrons. The number of aromatic nitrogens is 3. The Kier molecular flexibility index (Phi) is 3.96. The van der Waals surface area contributed by atoms with E-state index >= 15 is 0 Å². The van der Waals surface area contributed by atoms with Gasteiger partial charge in [0.05, 0.1) is 19.3 Å². The molecule has 0 saturated carbocycles. The van der Waals surface area contributed by atoms with Gasteiger partial charge in [-0.05, 0) is 26.1 Å². The second-order valence-electron chi connectivity index (χ2n) is 4.42. The first-order valence-electron chi connectivity index (χ1n) is 5.92. The molecule has 0 spiro atoms. The summed E-state index contributed by atoms with van der Waals surface area (Å²) in [4.78, 5) is 12.7. The molecule has 2 aromatic heterocycles. The normalized spacial score (nSPS) is 11.1. The Hall–Kier alpha value is -2.15. The average molecular weight is 264 g/mol. The van der Waals surface area contributed by atoms with Crippen LogP contribution in [0.25, 0.3) is 0 Å². The Morgan fingerprint density at radius 1 is 1.53 bits per heavy atom. The highest BCUT2D eigenvalue weighted by Crippen LogP contribution is 2.08. The van der Waals surface area contributed by atoms with Gasteiger partial charge in [-0.25, -0.2) is 4.79 Å². The molecule has 2 rings (SSSR count). The van der Waals surface area contributed by atoms with E-state index in [2.05, 4.69) is 15.2 Å². The van der Waals surface area contributed by atoms with Crippen molar-refractivity contribution in [2.75, 3.05) is 13.6 Å². The van der Waals surface area contributed by atoms with Gasteiger partial charge in [-0.15, -0.1) is 5.10 Å². The number of aryl methyl sites for hydroxylation is 1. The molecule has 102 valence electrons. The number of aromatic carboxylic acids is 1. The summed E-state index contributed by atoms with van der Waals surface area (Å²) in [7, 11) is 1.97. The smallest absolute Gasteiger partial charge is 0.358 e. The van der Waals surface area contributed by atoms with Crippen LogP contribution in [0.5, 0.6) is 0 Å². The van der Waals surface area contributed by atoms with Gasteiger partial charge in [0.15, 0.2) is 5.69 Å². The second-order valence-corrected chi connectivity index (χ2v) is 4.42. The third-order valence-corrected chi connectivity index (χ3v) is 2.69. The van der Waals surface area contributed by atoms with Crippen LogP contribution in [0.15, 0.2) is 22.7 Å². The summed E-state index contributed by atoms with van der Waals surface area (Å²) in [5.74, 6) is 0.737. The van der Waals surface area contributed by atoms with E-state index in [1.807, 2.05) is 26.1 Å². The van der Waals surface area contributed by atoms with Crippen LogP contribution in [0.1, 0.15) is 22.0 Å². The monoisotopic (exact) mass is 264 g/mol. The summed E-state index contributed by atoms with van der Waals surface area (Å²) in [5, 5.41) is 16.0. The molecule has 7 nitrogen and oxygen atoms in total. The lowest BCUT2D eigenvalue weighted by atomic mass is 10.4. The first-order chi connectivity index (χ1) is 9.04. The molecule has 0 aromatic carbocycles. The van der Waals surface area contributed by atoms with E-state index in [1.165, 1.54) is 10.9 Å². The topological polar surface area (TPSA) is 84.4 Å². The Morgan fingerprint density at radius 2 is 2.32 bits per heavy atom.